The second-order valence-electron chi connectivity index (χ2n) is 5.15. The maximum Gasteiger partial charge on any atom is 0.194 e. The highest BCUT2D eigenvalue weighted by molar-refractivity contribution is 5.18. The van der Waals surface area contributed by atoms with Crippen LogP contribution in [0, 0.1) is 30.3 Å². The van der Waals surface area contributed by atoms with Gasteiger partial charge in [0.1, 0.15) is 0 Å². The van der Waals surface area contributed by atoms with Crippen LogP contribution in [0.25, 0.3) is 0 Å². The number of halogens is 4. The van der Waals surface area contributed by atoms with Gasteiger partial charge in [-0.05, 0) is 50.2 Å². The molecule has 1 saturated carbocycles. The molecule has 0 heterocycles. The van der Waals surface area contributed by atoms with Gasteiger partial charge in [-0.25, -0.2) is 17.6 Å². The normalized spacial score (nSPS) is 22.1. The largest absolute Gasteiger partial charge is 0.347 e. The van der Waals surface area contributed by atoms with Gasteiger partial charge in [0.15, 0.2) is 24.3 Å². The first-order chi connectivity index (χ1) is 9.45. The summed E-state index contributed by atoms with van der Waals surface area (Å²) in [6, 6.07) is 2.08. The second-order valence-corrected chi connectivity index (χ2v) is 5.15. The Morgan fingerprint density at radius 2 is 1.65 bits per heavy atom. The van der Waals surface area contributed by atoms with Gasteiger partial charge in [0.05, 0.1) is 6.10 Å². The molecular formula is C15H20F4O. The summed E-state index contributed by atoms with van der Waals surface area (Å²) in [7, 11) is 0. The third-order valence-corrected chi connectivity index (χ3v) is 3.49. The highest BCUT2D eigenvalue weighted by atomic mass is 19.2. The maximum absolute atomic E-state index is 12.4. The minimum absolute atomic E-state index is 0.110. The van der Waals surface area contributed by atoms with Crippen molar-refractivity contribution in [2.24, 2.45) is 5.92 Å². The molecule has 1 aliphatic carbocycles. The van der Waals surface area contributed by atoms with Gasteiger partial charge < -0.3 is 4.74 Å². The minimum Gasteiger partial charge on any atom is -0.347 e. The summed E-state index contributed by atoms with van der Waals surface area (Å²) in [4.78, 5) is 0. The molecule has 1 aromatic rings. The molecule has 114 valence electrons. The van der Waals surface area contributed by atoms with Crippen molar-refractivity contribution in [2.75, 3.05) is 6.86 Å². The summed E-state index contributed by atoms with van der Waals surface area (Å²) in [6.07, 6.45) is 4.70. The van der Waals surface area contributed by atoms with E-state index in [9.17, 15) is 17.6 Å². The Labute approximate surface area is 116 Å². The van der Waals surface area contributed by atoms with E-state index in [4.69, 9.17) is 4.74 Å². The summed E-state index contributed by atoms with van der Waals surface area (Å²) >= 11 is 0. The lowest BCUT2D eigenvalue weighted by atomic mass is 9.89. The maximum atomic E-state index is 12.4. The number of rotatable bonds is 2. The van der Waals surface area contributed by atoms with E-state index in [1.54, 1.807) is 0 Å². The van der Waals surface area contributed by atoms with E-state index in [1.807, 2.05) is 0 Å². The van der Waals surface area contributed by atoms with Crippen molar-refractivity contribution in [3.63, 3.8) is 0 Å². The average molecular weight is 292 g/mol. The first-order valence-corrected chi connectivity index (χ1v) is 6.73. The molecule has 0 N–H and O–H groups in total. The monoisotopic (exact) mass is 292 g/mol. The quantitative estimate of drug-likeness (QED) is 0.555. The summed E-state index contributed by atoms with van der Waals surface area (Å²) in [5.41, 5.74) is 0.110. The Balaban J connectivity index is 0.000000200. The fraction of sp³-hybridized carbons (Fsp3) is 0.600. The van der Waals surface area contributed by atoms with E-state index in [1.165, 1.54) is 25.8 Å². The third kappa shape index (κ3) is 5.12. The zero-order valence-corrected chi connectivity index (χ0v) is 11.8. The topological polar surface area (TPSA) is 9.23 Å². The standard InChI is InChI=1S/C8H15FO.C7H5F3/c1-7-2-4-8(5-3-7)10-6-9;1-4-2-3-5(8)7(10)6(4)9/h7-8H,2-6H2,1H3;2-3H,1H3. The van der Waals surface area contributed by atoms with Crippen LogP contribution < -0.4 is 0 Å². The SMILES string of the molecule is CC1CCC(OCF)CC1.Cc1ccc(F)c(F)c1F. The van der Waals surface area contributed by atoms with Crippen LogP contribution >= 0.6 is 0 Å². The molecule has 1 aliphatic rings. The van der Waals surface area contributed by atoms with Crippen molar-refractivity contribution in [1.82, 2.24) is 0 Å². The molecule has 1 aromatic carbocycles. The minimum atomic E-state index is -1.40. The molecule has 0 amide bonds. The molecule has 0 radical (unpaired) electrons. The molecule has 0 aromatic heterocycles. The van der Waals surface area contributed by atoms with Crippen LogP contribution in [0.3, 0.4) is 0 Å². The lowest BCUT2D eigenvalue weighted by Crippen LogP contribution is -2.19. The van der Waals surface area contributed by atoms with Crippen LogP contribution in [0.1, 0.15) is 38.2 Å². The predicted molar refractivity (Wildman–Crippen MR) is 69.5 cm³/mol. The molecule has 0 bridgehead atoms. The van der Waals surface area contributed by atoms with Gasteiger partial charge >= 0.3 is 0 Å². The number of hydrogen-bond donors (Lipinski definition) is 0. The van der Waals surface area contributed by atoms with Crippen molar-refractivity contribution in [3.05, 3.63) is 35.1 Å². The summed E-state index contributed by atoms with van der Waals surface area (Å²) in [6.45, 7) is 3.00. The zero-order chi connectivity index (χ0) is 15.1. The van der Waals surface area contributed by atoms with Crippen LogP contribution in [-0.2, 0) is 4.74 Å². The second kappa shape index (κ2) is 8.25. The smallest absolute Gasteiger partial charge is 0.194 e. The van der Waals surface area contributed by atoms with Crippen molar-refractivity contribution in [1.29, 1.82) is 0 Å². The van der Waals surface area contributed by atoms with Gasteiger partial charge in [-0.15, -0.1) is 0 Å². The van der Waals surface area contributed by atoms with Gasteiger partial charge in [-0.1, -0.05) is 13.0 Å². The number of hydrogen-bond acceptors (Lipinski definition) is 1. The Bertz CT molecular complexity index is 388. The van der Waals surface area contributed by atoms with E-state index >= 15 is 0 Å². The van der Waals surface area contributed by atoms with E-state index < -0.39 is 24.3 Å². The molecule has 0 saturated heterocycles. The van der Waals surface area contributed by atoms with Crippen LogP contribution in [0.5, 0.6) is 0 Å². The molecule has 5 heteroatoms. The van der Waals surface area contributed by atoms with Crippen molar-refractivity contribution in [2.45, 2.75) is 45.6 Å². The molecule has 0 aliphatic heterocycles. The van der Waals surface area contributed by atoms with Gasteiger partial charge in [0.25, 0.3) is 0 Å². The molecule has 0 atom stereocenters. The predicted octanol–water partition coefficient (Wildman–Crippen LogP) is 4.92. The highest BCUT2D eigenvalue weighted by Gasteiger charge is 2.17. The van der Waals surface area contributed by atoms with Crippen LogP contribution in [-0.4, -0.2) is 13.0 Å². The first-order valence-electron chi connectivity index (χ1n) is 6.73. The van der Waals surface area contributed by atoms with E-state index in [0.29, 0.717) is 0 Å². The number of alkyl halides is 1. The zero-order valence-electron chi connectivity index (χ0n) is 11.8. The van der Waals surface area contributed by atoms with Gasteiger partial charge in [-0.2, -0.15) is 0 Å². The fourth-order valence-electron chi connectivity index (χ4n) is 2.11. The van der Waals surface area contributed by atoms with E-state index in [-0.39, 0.29) is 11.7 Å². The lowest BCUT2D eigenvalue weighted by molar-refractivity contribution is -0.0274. The van der Waals surface area contributed by atoms with Crippen molar-refractivity contribution < 1.29 is 22.3 Å². The van der Waals surface area contributed by atoms with Gasteiger partial charge in [0.2, 0.25) is 0 Å². The summed E-state index contributed by atoms with van der Waals surface area (Å²) in [5, 5.41) is 0. The van der Waals surface area contributed by atoms with Gasteiger partial charge in [0, 0.05) is 0 Å². The number of aryl methyl sites for hydroxylation is 1. The number of benzene rings is 1. The molecule has 1 nitrogen and oxygen atoms in total. The van der Waals surface area contributed by atoms with E-state index in [0.717, 1.165) is 24.8 Å². The molecule has 1 fully saturated rings. The van der Waals surface area contributed by atoms with Gasteiger partial charge in [-0.3, -0.25) is 0 Å². The van der Waals surface area contributed by atoms with Crippen molar-refractivity contribution in [3.8, 4) is 0 Å². The first kappa shape index (κ1) is 17.0. The molecular weight excluding hydrogens is 272 g/mol. The number of ether oxygens (including phenoxy) is 1. The Kier molecular flexibility index (Phi) is 6.99. The Morgan fingerprint density at radius 3 is 2.15 bits per heavy atom. The fourth-order valence-corrected chi connectivity index (χ4v) is 2.11. The summed E-state index contributed by atoms with van der Waals surface area (Å²) < 4.78 is 53.3. The Morgan fingerprint density at radius 1 is 1.05 bits per heavy atom. The molecule has 0 unspecified atom stereocenters. The molecule has 0 spiro atoms. The average Bonchev–Trinajstić information content (AvgIpc) is 2.44. The molecule has 20 heavy (non-hydrogen) atoms. The highest BCUT2D eigenvalue weighted by Crippen LogP contribution is 2.25. The third-order valence-electron chi connectivity index (χ3n) is 3.49. The van der Waals surface area contributed by atoms with Crippen LogP contribution in [0.15, 0.2) is 12.1 Å². The molecule has 2 rings (SSSR count). The van der Waals surface area contributed by atoms with Crippen LogP contribution in [0.2, 0.25) is 0 Å². The van der Waals surface area contributed by atoms with Crippen LogP contribution in [0.4, 0.5) is 17.6 Å². The Hall–Kier alpha value is -1.10. The summed E-state index contributed by atoms with van der Waals surface area (Å²) in [5.74, 6) is -2.84. The lowest BCUT2D eigenvalue weighted by Gasteiger charge is -2.24. The van der Waals surface area contributed by atoms with Crippen molar-refractivity contribution >= 4 is 0 Å². The van der Waals surface area contributed by atoms with E-state index in [2.05, 4.69) is 6.92 Å².